The van der Waals surface area contributed by atoms with Crippen LogP contribution >= 0.6 is 24.0 Å². The highest BCUT2D eigenvalue weighted by atomic mass is 35.5. The highest BCUT2D eigenvalue weighted by Crippen LogP contribution is 2.25. The van der Waals surface area contributed by atoms with Crippen molar-refractivity contribution in [3.8, 4) is 0 Å². The topological polar surface area (TPSA) is 72.6 Å². The van der Waals surface area contributed by atoms with Crippen LogP contribution in [0.4, 0.5) is 4.39 Å². The third-order valence-corrected chi connectivity index (χ3v) is 5.07. The Labute approximate surface area is 128 Å². The fourth-order valence-electron chi connectivity index (χ4n) is 1.88. The molecule has 0 spiro atoms. The lowest BCUT2D eigenvalue weighted by atomic mass is 10.3. The molecule has 114 valence electrons. The minimum absolute atomic E-state index is 0. The molecule has 1 fully saturated rings. The number of nitrogens with two attached hydrogens (primary N) is 1. The molecule has 0 radical (unpaired) electrons. The molecule has 1 aromatic carbocycles. The van der Waals surface area contributed by atoms with Crippen LogP contribution in [0.5, 0.6) is 0 Å². The molecule has 1 aliphatic rings. The maximum atomic E-state index is 13.8. The van der Waals surface area contributed by atoms with Crippen LogP contribution in [-0.2, 0) is 14.8 Å². The van der Waals surface area contributed by atoms with Crippen LogP contribution < -0.4 is 5.73 Å². The summed E-state index contributed by atoms with van der Waals surface area (Å²) in [5.74, 6) is -0.931. The molecule has 1 aromatic rings. The van der Waals surface area contributed by atoms with E-state index in [0.717, 1.165) is 0 Å². The van der Waals surface area contributed by atoms with Gasteiger partial charge in [0.2, 0.25) is 10.0 Å². The fourth-order valence-corrected chi connectivity index (χ4v) is 3.65. The van der Waals surface area contributed by atoms with Gasteiger partial charge in [-0.25, -0.2) is 12.8 Å². The van der Waals surface area contributed by atoms with E-state index in [2.05, 4.69) is 0 Å². The smallest absolute Gasteiger partial charge is 0.246 e. The van der Waals surface area contributed by atoms with Crippen molar-refractivity contribution in [1.82, 2.24) is 4.31 Å². The first kappa shape index (κ1) is 17.6. The van der Waals surface area contributed by atoms with Crippen molar-refractivity contribution in [2.45, 2.75) is 11.0 Å². The van der Waals surface area contributed by atoms with E-state index >= 15 is 0 Å². The van der Waals surface area contributed by atoms with Crippen molar-refractivity contribution >= 4 is 34.0 Å². The number of hydrogen-bond donors (Lipinski definition) is 1. The summed E-state index contributed by atoms with van der Waals surface area (Å²) in [5, 5.41) is -0.218. The maximum Gasteiger partial charge on any atom is 0.246 e. The molecule has 20 heavy (non-hydrogen) atoms. The van der Waals surface area contributed by atoms with E-state index in [4.69, 9.17) is 22.1 Å². The number of halogens is 3. The number of sulfonamides is 1. The average molecular weight is 345 g/mol. The number of benzene rings is 1. The lowest BCUT2D eigenvalue weighted by Gasteiger charge is -2.31. The van der Waals surface area contributed by atoms with E-state index in [9.17, 15) is 12.8 Å². The first-order valence-electron chi connectivity index (χ1n) is 5.72. The number of rotatable bonds is 3. The Morgan fingerprint density at radius 3 is 2.85 bits per heavy atom. The van der Waals surface area contributed by atoms with Gasteiger partial charge in [-0.05, 0) is 12.1 Å². The van der Waals surface area contributed by atoms with Crippen LogP contribution in [0.3, 0.4) is 0 Å². The Hall–Kier alpha value is -0.440. The summed E-state index contributed by atoms with van der Waals surface area (Å²) in [6, 6.07) is 3.90. The van der Waals surface area contributed by atoms with E-state index in [0.29, 0.717) is 0 Å². The van der Waals surface area contributed by atoms with Gasteiger partial charge in [-0.15, -0.1) is 12.4 Å². The largest absolute Gasteiger partial charge is 0.374 e. The van der Waals surface area contributed by atoms with Crippen LogP contribution in [0.1, 0.15) is 0 Å². The molecular weight excluding hydrogens is 330 g/mol. The quantitative estimate of drug-likeness (QED) is 0.895. The molecule has 1 heterocycles. The van der Waals surface area contributed by atoms with E-state index in [1.54, 1.807) is 0 Å². The molecule has 2 rings (SSSR count). The molecule has 5 nitrogen and oxygen atoms in total. The van der Waals surface area contributed by atoms with Crippen molar-refractivity contribution in [3.05, 3.63) is 29.0 Å². The zero-order chi connectivity index (χ0) is 14.0. The zero-order valence-corrected chi connectivity index (χ0v) is 12.8. The first-order valence-corrected chi connectivity index (χ1v) is 7.54. The van der Waals surface area contributed by atoms with Crippen LogP contribution in [-0.4, -0.2) is 45.1 Å². The van der Waals surface area contributed by atoms with Gasteiger partial charge in [0.15, 0.2) is 5.82 Å². The highest BCUT2D eigenvalue weighted by Gasteiger charge is 2.32. The standard InChI is InChI=1S/C11H14ClFN2O3S.ClH/c12-9-2-1-3-10(11(9)13)19(16,17)15-4-5-18-8(6-14)7-15;/h1-3,8H,4-7,14H2;1H. The van der Waals surface area contributed by atoms with Crippen molar-refractivity contribution in [1.29, 1.82) is 0 Å². The van der Waals surface area contributed by atoms with Gasteiger partial charge in [-0.1, -0.05) is 17.7 Å². The third-order valence-electron chi connectivity index (χ3n) is 2.90. The number of nitrogens with zero attached hydrogens (tertiary/aromatic N) is 1. The lowest BCUT2D eigenvalue weighted by molar-refractivity contribution is 0.00445. The molecule has 9 heteroatoms. The Bertz CT molecular complexity index is 571. The van der Waals surface area contributed by atoms with Gasteiger partial charge >= 0.3 is 0 Å². The van der Waals surface area contributed by atoms with Crippen molar-refractivity contribution in [2.75, 3.05) is 26.2 Å². The molecule has 0 bridgehead atoms. The Morgan fingerprint density at radius 2 is 2.20 bits per heavy atom. The molecule has 1 unspecified atom stereocenters. The number of hydrogen-bond acceptors (Lipinski definition) is 4. The van der Waals surface area contributed by atoms with Crippen LogP contribution in [0.2, 0.25) is 5.02 Å². The van der Waals surface area contributed by atoms with Crippen LogP contribution in [0.25, 0.3) is 0 Å². The van der Waals surface area contributed by atoms with E-state index in [1.165, 1.54) is 22.5 Å². The molecule has 1 saturated heterocycles. The molecule has 0 amide bonds. The number of ether oxygens (including phenoxy) is 1. The van der Waals surface area contributed by atoms with Gasteiger partial charge < -0.3 is 10.5 Å². The summed E-state index contributed by atoms with van der Waals surface area (Å²) in [6.45, 7) is 0.739. The van der Waals surface area contributed by atoms with Gasteiger partial charge in [0.1, 0.15) is 4.90 Å². The summed E-state index contributed by atoms with van der Waals surface area (Å²) in [6.07, 6.45) is -0.370. The summed E-state index contributed by atoms with van der Waals surface area (Å²) in [4.78, 5) is -0.419. The van der Waals surface area contributed by atoms with Crippen LogP contribution in [0, 0.1) is 5.82 Å². The van der Waals surface area contributed by atoms with Gasteiger partial charge in [-0.3, -0.25) is 0 Å². The van der Waals surface area contributed by atoms with Gasteiger partial charge in [0, 0.05) is 19.6 Å². The average Bonchev–Trinajstić information content (AvgIpc) is 2.41. The Kier molecular flexibility index (Phi) is 6.18. The molecule has 0 aromatic heterocycles. The molecule has 0 aliphatic carbocycles. The van der Waals surface area contributed by atoms with Crippen LogP contribution in [0.15, 0.2) is 23.1 Å². The monoisotopic (exact) mass is 344 g/mol. The van der Waals surface area contributed by atoms with Crippen molar-refractivity contribution < 1.29 is 17.5 Å². The zero-order valence-electron chi connectivity index (χ0n) is 10.5. The molecule has 0 saturated carbocycles. The predicted octanol–water partition coefficient (Wildman–Crippen LogP) is 1.25. The third kappa shape index (κ3) is 3.41. The normalized spacial score (nSPS) is 20.4. The summed E-state index contributed by atoms with van der Waals surface area (Å²) < 4.78 is 45.0. The Balaban J connectivity index is 0.00000200. The van der Waals surface area contributed by atoms with Crippen molar-refractivity contribution in [3.63, 3.8) is 0 Å². The van der Waals surface area contributed by atoms with Gasteiger partial charge in [0.05, 0.1) is 17.7 Å². The fraction of sp³-hybridized carbons (Fsp3) is 0.455. The minimum Gasteiger partial charge on any atom is -0.374 e. The molecule has 1 aliphatic heterocycles. The second-order valence-corrected chi connectivity index (χ2v) is 6.46. The second-order valence-electron chi connectivity index (χ2n) is 4.14. The lowest BCUT2D eigenvalue weighted by Crippen LogP contribution is -2.48. The van der Waals surface area contributed by atoms with Gasteiger partial charge in [-0.2, -0.15) is 4.31 Å². The highest BCUT2D eigenvalue weighted by molar-refractivity contribution is 7.89. The SMILES string of the molecule is Cl.NCC1CN(S(=O)(=O)c2cccc(Cl)c2F)CCO1. The van der Waals surface area contributed by atoms with Gasteiger partial charge in [0.25, 0.3) is 0 Å². The minimum atomic E-state index is -3.92. The number of morpholine rings is 1. The Morgan fingerprint density at radius 1 is 1.50 bits per heavy atom. The molecular formula is C11H15Cl2FN2O3S. The van der Waals surface area contributed by atoms with Crippen molar-refractivity contribution in [2.24, 2.45) is 5.73 Å². The second kappa shape index (κ2) is 7.02. The summed E-state index contributed by atoms with van der Waals surface area (Å²) >= 11 is 5.61. The van der Waals surface area contributed by atoms with E-state index < -0.39 is 20.7 Å². The first-order chi connectivity index (χ1) is 8.96. The predicted molar refractivity (Wildman–Crippen MR) is 76.2 cm³/mol. The molecule has 1 atom stereocenters. The molecule has 2 N–H and O–H groups in total. The summed E-state index contributed by atoms with van der Waals surface area (Å²) in [5.41, 5.74) is 5.46. The maximum absolute atomic E-state index is 13.8. The van der Waals surface area contributed by atoms with E-state index in [1.807, 2.05) is 0 Å². The summed E-state index contributed by atoms with van der Waals surface area (Å²) in [7, 11) is -3.92. The van der Waals surface area contributed by atoms with E-state index in [-0.39, 0.29) is 49.8 Å².